The number of carbonyl (C=O) groups is 5. The fraction of sp³-hybridized carbons (Fsp3) is 0.233. The van der Waals surface area contributed by atoms with Gasteiger partial charge in [0.05, 0.1) is 48.4 Å². The molecule has 5 N–H and O–H groups in total. The molecule has 0 atom stereocenters. The molecule has 0 aliphatic rings. The number of aromatic hydroxyl groups is 3. The number of phenolic OH excluding ortho intramolecular Hbond substituents is 3. The lowest BCUT2D eigenvalue weighted by Gasteiger charge is -2.10. The Balaban J connectivity index is 0.000000447. The van der Waals surface area contributed by atoms with Gasteiger partial charge in [-0.1, -0.05) is 18.2 Å². The van der Waals surface area contributed by atoms with E-state index < -0.39 is 30.3 Å². The molecule has 310 valence electrons. The van der Waals surface area contributed by atoms with Crippen molar-refractivity contribution in [3.63, 3.8) is 0 Å². The summed E-state index contributed by atoms with van der Waals surface area (Å²) in [5.41, 5.74) is 3.11. The van der Waals surface area contributed by atoms with Gasteiger partial charge >= 0.3 is 23.9 Å². The molecule has 0 bridgehead atoms. The number of ether oxygens (including phenoxy) is 5. The third-order valence-electron chi connectivity index (χ3n) is 7.73. The molecule has 58 heavy (non-hydrogen) atoms. The normalized spacial score (nSPS) is 10.6. The first-order valence-electron chi connectivity index (χ1n) is 17.1. The molecule has 3 aromatic carbocycles. The second-order valence-electron chi connectivity index (χ2n) is 11.7. The van der Waals surface area contributed by atoms with Crippen molar-refractivity contribution < 1.29 is 73.2 Å². The summed E-state index contributed by atoms with van der Waals surface area (Å²) < 4.78 is 24.3. The summed E-state index contributed by atoms with van der Waals surface area (Å²) in [6.07, 6.45) is 8.80. The molecule has 0 amide bonds. The predicted octanol–water partition coefficient (Wildman–Crippen LogP) is 6.26. The summed E-state index contributed by atoms with van der Waals surface area (Å²) >= 11 is 0. The Morgan fingerprint density at radius 2 is 0.948 bits per heavy atom. The maximum atomic E-state index is 11.8. The van der Waals surface area contributed by atoms with Crippen molar-refractivity contribution in [1.29, 1.82) is 0 Å². The number of hydrogen-bond acceptors (Lipinski definition) is 13. The van der Waals surface area contributed by atoms with E-state index in [-0.39, 0.29) is 46.3 Å². The number of aldehydes is 1. The van der Waals surface area contributed by atoms with E-state index >= 15 is 0 Å². The summed E-state index contributed by atoms with van der Waals surface area (Å²) in [4.78, 5) is 55.5. The second kappa shape index (κ2) is 25.0. The minimum atomic E-state index is -1.31. The van der Waals surface area contributed by atoms with E-state index in [0.29, 0.717) is 64.7 Å². The van der Waals surface area contributed by atoms with Gasteiger partial charge in [-0.05, 0) is 78.9 Å². The molecular weight excluding hydrogens is 756 g/mol. The molecule has 0 aliphatic carbocycles. The number of carboxylic acids is 2. The molecule has 0 saturated heterocycles. The van der Waals surface area contributed by atoms with Crippen LogP contribution in [0.5, 0.6) is 34.5 Å². The van der Waals surface area contributed by atoms with Gasteiger partial charge in [-0.25, -0.2) is 9.59 Å². The van der Waals surface area contributed by atoms with Crippen LogP contribution >= 0.6 is 0 Å². The van der Waals surface area contributed by atoms with Gasteiger partial charge in [0.25, 0.3) is 0 Å². The van der Waals surface area contributed by atoms with Crippen LogP contribution in [-0.2, 0) is 47.9 Å². The van der Waals surface area contributed by atoms with Crippen LogP contribution in [0.2, 0.25) is 0 Å². The minimum Gasteiger partial charge on any atom is -0.504 e. The highest BCUT2D eigenvalue weighted by atomic mass is 16.5. The molecule has 3 aromatic rings. The van der Waals surface area contributed by atoms with Crippen LogP contribution < -0.4 is 14.2 Å². The Morgan fingerprint density at radius 3 is 1.26 bits per heavy atom. The van der Waals surface area contributed by atoms with Gasteiger partial charge in [0.15, 0.2) is 34.5 Å². The zero-order valence-electron chi connectivity index (χ0n) is 32.9. The summed E-state index contributed by atoms with van der Waals surface area (Å²) in [6, 6.07) is 9.35. The number of allylic oxidation sites excluding steroid dienone is 3. The van der Waals surface area contributed by atoms with Crippen LogP contribution in [0.4, 0.5) is 0 Å². The monoisotopic (exact) mass is 804 g/mol. The smallest absolute Gasteiger partial charge is 0.334 e. The molecule has 0 aliphatic heterocycles. The Morgan fingerprint density at radius 1 is 0.569 bits per heavy atom. The highest BCUT2D eigenvalue weighted by Gasteiger charge is 2.17. The third-order valence-corrected chi connectivity index (χ3v) is 7.73. The third kappa shape index (κ3) is 15.1. The highest BCUT2D eigenvalue weighted by molar-refractivity contribution is 5.98. The van der Waals surface area contributed by atoms with Gasteiger partial charge in [-0.2, -0.15) is 0 Å². The number of hydrogen-bond donors (Lipinski definition) is 5. The van der Waals surface area contributed by atoms with Crippen LogP contribution in [0.1, 0.15) is 51.0 Å². The summed E-state index contributed by atoms with van der Waals surface area (Å²) in [5.74, 6) is -2.95. The molecule has 3 rings (SSSR count). The largest absolute Gasteiger partial charge is 0.504 e. The van der Waals surface area contributed by atoms with Gasteiger partial charge in [-0.3, -0.25) is 14.4 Å². The topological polar surface area (TPSA) is 233 Å². The quantitative estimate of drug-likeness (QED) is 0.0413. The minimum absolute atomic E-state index is 0.0112. The van der Waals surface area contributed by atoms with Crippen molar-refractivity contribution >= 4 is 42.3 Å². The fourth-order valence-electron chi connectivity index (χ4n) is 5.00. The van der Waals surface area contributed by atoms with Gasteiger partial charge in [-0.15, -0.1) is 19.7 Å². The molecule has 0 spiro atoms. The molecule has 0 fully saturated rings. The molecule has 0 saturated carbocycles. The van der Waals surface area contributed by atoms with E-state index in [1.54, 1.807) is 42.5 Å². The fourth-order valence-corrected chi connectivity index (χ4v) is 5.00. The first kappa shape index (κ1) is 48.7. The Labute approximate surface area is 336 Å². The molecular formula is C43H48O15. The number of aliphatic carboxylic acids is 2. The predicted molar refractivity (Wildman–Crippen MR) is 216 cm³/mol. The lowest BCUT2D eigenvalue weighted by Crippen LogP contribution is -2.11. The number of rotatable bonds is 18. The van der Waals surface area contributed by atoms with E-state index in [9.17, 15) is 39.3 Å². The Kier molecular flexibility index (Phi) is 21.0. The average molecular weight is 805 g/mol. The van der Waals surface area contributed by atoms with Gasteiger partial charge in [0.1, 0.15) is 6.29 Å². The lowest BCUT2D eigenvalue weighted by molar-refractivity contribution is -0.143. The van der Waals surface area contributed by atoms with Gasteiger partial charge in [0, 0.05) is 33.4 Å². The molecule has 0 heterocycles. The van der Waals surface area contributed by atoms with E-state index in [1.165, 1.54) is 59.8 Å². The Hall–Kier alpha value is -7.29. The van der Waals surface area contributed by atoms with Crippen molar-refractivity contribution in [2.45, 2.75) is 32.1 Å². The highest BCUT2D eigenvalue weighted by Crippen LogP contribution is 2.35. The average Bonchev–Trinajstić information content (AvgIpc) is 3.20. The summed E-state index contributed by atoms with van der Waals surface area (Å²) in [5, 5.41) is 47.4. The van der Waals surface area contributed by atoms with E-state index in [0.717, 1.165) is 0 Å². The summed E-state index contributed by atoms with van der Waals surface area (Å²) in [7, 11) is 6.71. The number of methoxy groups -OCH3 is 5. The maximum absolute atomic E-state index is 11.8. The summed E-state index contributed by atoms with van der Waals surface area (Å²) in [6.45, 7) is 10.8. The van der Waals surface area contributed by atoms with Crippen LogP contribution in [0, 0.1) is 0 Å². The first-order valence-corrected chi connectivity index (χ1v) is 17.1. The number of phenols is 3. The standard InChI is InChI=1S/C17H20O6.C15H16O6.C11H12O3/c1-5-6-12-7-11(9-14(21-2)16(12)19)8-13(17(20)23-4)10-15(18)22-3;1-3-4-10-5-9(7-12(21-2)14(10)18)6-11(15(19)20)8-13(16)17;1-3-4-9-5-8(7-12)6-10(14-2)11(9)13/h5,7-9,19H,1,6,10H2,2-4H3;3,5-7,18H,1,4,8H2,2H3,(H,16,17)(H,19,20);3,5-7,13H,1,4H2,2H3/b13-8-;11-6-;. The maximum Gasteiger partial charge on any atom is 0.334 e. The molecule has 15 heteroatoms. The Bertz CT molecular complexity index is 2040. The first-order chi connectivity index (χ1) is 27.6. The van der Waals surface area contributed by atoms with Crippen molar-refractivity contribution in [3.8, 4) is 34.5 Å². The lowest BCUT2D eigenvalue weighted by atomic mass is 10.0. The van der Waals surface area contributed by atoms with E-state index in [1.807, 2.05) is 0 Å². The second-order valence-corrected chi connectivity index (χ2v) is 11.7. The van der Waals surface area contributed by atoms with Crippen molar-refractivity contribution in [1.82, 2.24) is 0 Å². The van der Waals surface area contributed by atoms with E-state index in [4.69, 9.17) is 24.4 Å². The van der Waals surface area contributed by atoms with Crippen LogP contribution in [-0.4, -0.2) is 91.2 Å². The van der Waals surface area contributed by atoms with Crippen LogP contribution in [0.15, 0.2) is 85.5 Å². The zero-order valence-corrected chi connectivity index (χ0v) is 32.9. The van der Waals surface area contributed by atoms with Crippen molar-refractivity contribution in [2.24, 2.45) is 0 Å². The van der Waals surface area contributed by atoms with Gasteiger partial charge < -0.3 is 49.2 Å². The van der Waals surface area contributed by atoms with Gasteiger partial charge in [0.2, 0.25) is 0 Å². The molecule has 0 radical (unpaired) electrons. The van der Waals surface area contributed by atoms with Crippen molar-refractivity contribution in [3.05, 3.63) is 119 Å². The van der Waals surface area contributed by atoms with Crippen LogP contribution in [0.3, 0.4) is 0 Å². The van der Waals surface area contributed by atoms with E-state index in [2.05, 4.69) is 29.2 Å². The SMILES string of the molecule is C=CCc1cc(/C=C(/CC(=O)O)C(=O)O)cc(OC)c1O.C=CCc1cc(/C=C(/CC(=O)OC)C(=O)OC)cc(OC)c1O.C=CCc1cc(C=O)cc(OC)c1O. The zero-order chi connectivity index (χ0) is 43.9. The molecule has 0 aromatic heterocycles. The molecule has 0 unspecified atom stereocenters. The number of carboxylic acid groups (broad SMARTS) is 2. The van der Waals surface area contributed by atoms with Crippen LogP contribution in [0.25, 0.3) is 12.2 Å². The molecule has 15 nitrogen and oxygen atoms in total. The number of benzene rings is 3. The van der Waals surface area contributed by atoms with Crippen molar-refractivity contribution in [2.75, 3.05) is 35.5 Å². The number of carbonyl (C=O) groups excluding carboxylic acids is 3. The number of esters is 2.